The Morgan fingerprint density at radius 3 is 2.47 bits per heavy atom. The number of nitrogens with zero attached hydrogens (tertiary/aromatic N) is 2. The number of hydrogen-bond donors (Lipinski definition) is 4. The number of halogens is 1. The predicted octanol–water partition coefficient (Wildman–Crippen LogP) is 7.62. The molecule has 14 nitrogen and oxygen atoms in total. The second-order valence-electron chi connectivity index (χ2n) is 23.8. The van der Waals surface area contributed by atoms with E-state index in [4.69, 9.17) is 18.7 Å². The van der Waals surface area contributed by atoms with Crippen LogP contribution in [-0.2, 0) is 41.3 Å². The van der Waals surface area contributed by atoms with Gasteiger partial charge in [-0.15, -0.1) is 0 Å². The molecule has 2 aromatic carbocycles. The number of hydrogen-bond acceptors (Lipinski definition) is 12. The number of phosphoric acid groups is 1. The molecule has 6 fully saturated rings. The van der Waals surface area contributed by atoms with E-state index in [0.29, 0.717) is 73.2 Å². The summed E-state index contributed by atoms with van der Waals surface area (Å²) in [7, 11) is -3.12. The Kier molecular flexibility index (Phi) is 17.3. The fourth-order valence-corrected chi connectivity index (χ4v) is 15.1. The first kappa shape index (κ1) is 55.6. The Balaban J connectivity index is 0.788. The number of ether oxygens (including phenoxy) is 3. The van der Waals surface area contributed by atoms with Crippen LogP contribution in [0.2, 0.25) is 0 Å². The fourth-order valence-electron chi connectivity index (χ4n) is 14.7. The first-order valence-electron chi connectivity index (χ1n) is 28.0. The zero-order chi connectivity index (χ0) is 52.4. The molecule has 2 unspecified atom stereocenters. The number of aryl methyl sites for hydroxylation is 1. The minimum Gasteiger partial charge on any atom is -0.746 e. The van der Waals surface area contributed by atoms with E-state index in [1.807, 2.05) is 19.9 Å². The lowest BCUT2D eigenvalue weighted by molar-refractivity contribution is -0.926. The smallest absolute Gasteiger partial charge is 0.317 e. The Hall–Kier alpha value is -3.18. The number of alkyl halides is 1. The van der Waals surface area contributed by atoms with E-state index in [0.717, 1.165) is 96.8 Å². The molecule has 408 valence electrons. The number of aliphatic hydroxyl groups excluding tert-OH is 2. The summed E-state index contributed by atoms with van der Waals surface area (Å²) >= 11 is 0. The molecule has 0 amide bonds. The normalized spacial score (nSPS) is 34.0. The monoisotopic (exact) mass is 1050 g/mol. The van der Waals surface area contributed by atoms with Crippen molar-refractivity contribution in [3.63, 3.8) is 0 Å². The molecule has 16 heteroatoms. The van der Waals surface area contributed by atoms with Crippen molar-refractivity contribution in [3.05, 3.63) is 89.0 Å². The number of rotatable bonds is 23. The minimum absolute atomic E-state index is 0.0295. The van der Waals surface area contributed by atoms with Crippen molar-refractivity contribution < 1.29 is 61.8 Å². The van der Waals surface area contributed by atoms with Crippen LogP contribution in [-0.4, -0.2) is 132 Å². The maximum absolute atomic E-state index is 18.2. The van der Waals surface area contributed by atoms with Gasteiger partial charge in [-0.1, -0.05) is 87.1 Å². The number of piperazine rings is 1. The van der Waals surface area contributed by atoms with E-state index in [-0.39, 0.29) is 48.7 Å². The zero-order valence-corrected chi connectivity index (χ0v) is 45.0. The van der Waals surface area contributed by atoms with Gasteiger partial charge in [-0.2, -0.15) is 0 Å². The van der Waals surface area contributed by atoms with Crippen LogP contribution in [0.25, 0.3) is 0 Å². The highest BCUT2D eigenvalue weighted by Gasteiger charge is 2.79. The summed E-state index contributed by atoms with van der Waals surface area (Å²) < 4.78 is 55.9. The highest BCUT2D eigenvalue weighted by atomic mass is 31.2. The van der Waals surface area contributed by atoms with Gasteiger partial charge in [0.25, 0.3) is 0 Å². The number of nitrogens with one attached hydrogen (secondary N) is 1. The van der Waals surface area contributed by atoms with Crippen LogP contribution >= 0.6 is 7.82 Å². The summed E-state index contributed by atoms with van der Waals surface area (Å²) in [5.41, 5.74) is -2.37. The number of quaternary nitrogens is 1. The van der Waals surface area contributed by atoms with E-state index >= 15 is 9.18 Å². The number of likely N-dealkylation sites (N-methyl/N-ethyl adjacent to an activating group) is 1. The highest BCUT2D eigenvalue weighted by molar-refractivity contribution is 7.45. The van der Waals surface area contributed by atoms with E-state index in [9.17, 15) is 29.4 Å². The van der Waals surface area contributed by atoms with Crippen LogP contribution < -0.4 is 14.7 Å². The molecule has 7 aliphatic rings. The lowest BCUT2D eigenvalue weighted by Crippen LogP contribution is -2.70. The van der Waals surface area contributed by atoms with Crippen LogP contribution in [0.1, 0.15) is 133 Å². The van der Waals surface area contributed by atoms with Gasteiger partial charge in [0.1, 0.15) is 12.3 Å². The third-order valence-electron chi connectivity index (χ3n) is 18.9. The average Bonchev–Trinajstić information content (AvgIpc) is 3.88. The molecule has 74 heavy (non-hydrogen) atoms. The molecule has 2 heterocycles. The third kappa shape index (κ3) is 11.4. The van der Waals surface area contributed by atoms with Crippen molar-refractivity contribution in [2.75, 3.05) is 66.1 Å². The molecule has 9 rings (SSSR count). The number of unbranched alkanes of at least 4 members (excludes halogenated alkanes) is 4. The quantitative estimate of drug-likeness (QED) is 0.0484. The Labute approximate surface area is 438 Å². The van der Waals surface area contributed by atoms with Gasteiger partial charge in [-0.3, -0.25) is 19.1 Å². The number of benzene rings is 2. The Morgan fingerprint density at radius 2 is 1.73 bits per heavy atom. The third-order valence-corrected chi connectivity index (χ3v) is 19.4. The zero-order valence-electron chi connectivity index (χ0n) is 44.1. The molecule has 0 bridgehead atoms. The topological polar surface area (TPSA) is 187 Å². The average molecular weight is 1050 g/mol. The van der Waals surface area contributed by atoms with Gasteiger partial charge in [0.05, 0.1) is 45.0 Å². The number of carbonyl (C=O) groups excluding carboxylic acids is 2. The molecule has 0 aromatic heterocycles. The SMILES string of the molecule is C[C@]12C=CC(=O)C=C1CC[C@H]1[C@@H]3C[C@H]4O[C@@H](C5CCCCC5)O[C@@]4(C(=O)CN4CC[N+](C)(Cc5ccc(C(O)CNCCCCCCOCCCCc6ccccc6)cc5OP(=O)([O-])O)CC4)[C@@]3(C)C[C@H](O)[C@@]12F. The summed E-state index contributed by atoms with van der Waals surface area (Å²) in [6, 6.07) is 15.5. The van der Waals surface area contributed by atoms with Gasteiger partial charge in [0.15, 0.2) is 29.1 Å². The maximum Gasteiger partial charge on any atom is 0.317 e. The molecule has 2 aliphatic heterocycles. The van der Waals surface area contributed by atoms with Crippen LogP contribution in [0.4, 0.5) is 4.39 Å². The molecule has 5 aliphatic carbocycles. The van der Waals surface area contributed by atoms with Crippen molar-refractivity contribution >= 4 is 19.4 Å². The van der Waals surface area contributed by atoms with Gasteiger partial charge >= 0.3 is 7.82 Å². The number of aliphatic hydroxyl groups is 2. The van der Waals surface area contributed by atoms with Crippen molar-refractivity contribution in [2.45, 2.75) is 159 Å². The van der Waals surface area contributed by atoms with E-state index in [1.54, 1.807) is 24.3 Å². The number of allylic oxidation sites excluding steroid dienone is 4. The molecule has 2 saturated heterocycles. The van der Waals surface area contributed by atoms with Gasteiger partial charge in [0, 0.05) is 61.1 Å². The summed E-state index contributed by atoms with van der Waals surface area (Å²) in [5.74, 6) is -1.02. The molecule has 4 N–H and O–H groups in total. The summed E-state index contributed by atoms with van der Waals surface area (Å²) in [6.07, 6.45) is 15.1. The van der Waals surface area contributed by atoms with E-state index in [1.165, 1.54) is 17.7 Å². The van der Waals surface area contributed by atoms with Gasteiger partial charge in [-0.05, 0) is 125 Å². The fraction of sp³-hybridized carbons (Fsp3) is 0.690. The molecule has 0 spiro atoms. The van der Waals surface area contributed by atoms with Gasteiger partial charge in [0.2, 0.25) is 0 Å². The lowest BCUT2D eigenvalue weighted by atomic mass is 9.44. The second-order valence-corrected chi connectivity index (χ2v) is 24.9. The summed E-state index contributed by atoms with van der Waals surface area (Å²) in [4.78, 5) is 52.0. The van der Waals surface area contributed by atoms with Crippen LogP contribution in [0.15, 0.2) is 72.3 Å². The molecular formula is C58H83FN3O11P. The van der Waals surface area contributed by atoms with Crippen LogP contribution in [0.5, 0.6) is 5.75 Å². The van der Waals surface area contributed by atoms with Crippen molar-refractivity contribution in [1.29, 1.82) is 0 Å². The van der Waals surface area contributed by atoms with E-state index in [2.05, 4.69) is 41.5 Å². The number of ketones is 2. The summed E-state index contributed by atoms with van der Waals surface area (Å²) in [6.45, 7) is 9.18. The predicted molar refractivity (Wildman–Crippen MR) is 277 cm³/mol. The summed E-state index contributed by atoms with van der Waals surface area (Å²) in [5, 5.41) is 26.6. The molecule has 4 saturated carbocycles. The van der Waals surface area contributed by atoms with Crippen molar-refractivity contribution in [1.82, 2.24) is 10.2 Å². The number of phosphoric ester groups is 1. The van der Waals surface area contributed by atoms with E-state index < -0.39 is 60.4 Å². The first-order chi connectivity index (χ1) is 35.4. The van der Waals surface area contributed by atoms with Gasteiger partial charge < -0.3 is 48.5 Å². The minimum atomic E-state index is -5.19. The number of carbonyl (C=O) groups is 2. The lowest BCUT2D eigenvalue weighted by Gasteiger charge is -2.62. The molecule has 11 atom stereocenters. The highest BCUT2D eigenvalue weighted by Crippen LogP contribution is 2.72. The molecule has 2 aromatic rings. The standard InChI is InChI=1S/C58H83FN3O11P/c1-55-26-25-46(63)35-45(55)23-24-47-48-36-53-58(56(48,2)37-51(65)57(47,55)59,72-54(71-53)42-19-10-7-11-20-42)52(66)39-61-28-30-62(3,31-29-61)40-44-22-21-43(34-50(44)73-74(67,68)69)49(64)38-60-27-13-4-5-14-32-70-33-15-12-18-41-16-8-6-9-17-41/h6,8-9,16-17,21-22,25-26,34-35,42,47-49,51,53-54,60,64-65H,4-5,7,10-15,18-20,23-24,27-33,36-40H2,1-3H3,(H-,67,68,69)/t47-,48-,49?,51-,53+,54+,55-,56-,57-,58+/m0/s1. The number of fused-ring (bicyclic) bond motifs is 7. The first-order valence-corrected chi connectivity index (χ1v) is 29.5. The Morgan fingerprint density at radius 1 is 1.00 bits per heavy atom. The van der Waals surface area contributed by atoms with Gasteiger partial charge in [-0.25, -0.2) is 4.39 Å². The second kappa shape index (κ2) is 23.0. The largest absolute Gasteiger partial charge is 0.746 e. The molecular weight excluding hydrogens is 965 g/mol. The molecule has 0 radical (unpaired) electrons. The van der Waals surface area contributed by atoms with Crippen LogP contribution in [0.3, 0.4) is 0 Å². The maximum atomic E-state index is 18.2. The van der Waals surface area contributed by atoms with Crippen molar-refractivity contribution in [2.24, 2.45) is 28.6 Å². The Bertz CT molecular complexity index is 2390. The number of Topliss-reactive ketones (excluding diaryl/α,β-unsaturated/α-hetero) is 1. The van der Waals surface area contributed by atoms with Crippen molar-refractivity contribution in [3.8, 4) is 5.75 Å². The van der Waals surface area contributed by atoms with Crippen LogP contribution in [0, 0.1) is 28.6 Å².